The van der Waals surface area contributed by atoms with Gasteiger partial charge in [0.15, 0.2) is 0 Å². The Labute approximate surface area is 212 Å². The second-order valence-corrected chi connectivity index (χ2v) is 9.44. The summed E-state index contributed by atoms with van der Waals surface area (Å²) in [5, 5.41) is 2.89. The van der Waals surface area contributed by atoms with Crippen molar-refractivity contribution >= 4 is 17.8 Å². The molecule has 0 saturated carbocycles. The van der Waals surface area contributed by atoms with Crippen molar-refractivity contribution in [2.24, 2.45) is 0 Å². The SMILES string of the molecule is CCCCCCCCCCCCCCCCCCNC(=O)c1cc(OC(C)=O)cc(OC(C)=O)c1. The zero-order valence-corrected chi connectivity index (χ0v) is 22.3. The number of carbonyl (C=O) groups excluding carboxylic acids is 3. The number of unbranched alkanes of at least 4 members (excludes halogenated alkanes) is 15. The number of esters is 2. The van der Waals surface area contributed by atoms with E-state index in [1.54, 1.807) is 0 Å². The summed E-state index contributed by atoms with van der Waals surface area (Å²) >= 11 is 0. The lowest BCUT2D eigenvalue weighted by molar-refractivity contribution is -0.132. The Hall–Kier alpha value is -2.37. The van der Waals surface area contributed by atoms with Gasteiger partial charge in [-0.25, -0.2) is 0 Å². The van der Waals surface area contributed by atoms with Crippen molar-refractivity contribution in [2.75, 3.05) is 6.54 Å². The average Bonchev–Trinajstić information content (AvgIpc) is 2.80. The third kappa shape index (κ3) is 16.8. The van der Waals surface area contributed by atoms with Crippen molar-refractivity contribution in [2.45, 2.75) is 124 Å². The van der Waals surface area contributed by atoms with E-state index in [1.165, 1.54) is 122 Å². The van der Waals surface area contributed by atoms with E-state index in [1.807, 2.05) is 0 Å². The van der Waals surface area contributed by atoms with Crippen molar-refractivity contribution in [3.63, 3.8) is 0 Å². The van der Waals surface area contributed by atoms with Gasteiger partial charge in [0.1, 0.15) is 11.5 Å². The number of hydrogen-bond acceptors (Lipinski definition) is 5. The number of rotatable bonds is 20. The van der Waals surface area contributed by atoms with Gasteiger partial charge in [0.2, 0.25) is 0 Å². The largest absolute Gasteiger partial charge is 0.427 e. The second kappa shape index (κ2) is 19.9. The number of amides is 1. The Balaban J connectivity index is 2.10. The van der Waals surface area contributed by atoms with Crippen LogP contribution in [0.15, 0.2) is 18.2 Å². The van der Waals surface area contributed by atoms with Crippen LogP contribution in [0.25, 0.3) is 0 Å². The van der Waals surface area contributed by atoms with Crippen LogP contribution in [0.3, 0.4) is 0 Å². The lowest BCUT2D eigenvalue weighted by Gasteiger charge is -2.10. The molecule has 0 aliphatic rings. The molecule has 35 heavy (non-hydrogen) atoms. The van der Waals surface area contributed by atoms with E-state index in [0.717, 1.165) is 12.8 Å². The van der Waals surface area contributed by atoms with E-state index < -0.39 is 11.9 Å². The highest BCUT2D eigenvalue weighted by Crippen LogP contribution is 2.23. The molecule has 6 nitrogen and oxygen atoms in total. The molecule has 0 aliphatic heterocycles. The van der Waals surface area contributed by atoms with E-state index >= 15 is 0 Å². The van der Waals surface area contributed by atoms with Crippen LogP contribution in [0.2, 0.25) is 0 Å². The summed E-state index contributed by atoms with van der Waals surface area (Å²) in [7, 11) is 0. The molecule has 0 bridgehead atoms. The first-order valence-corrected chi connectivity index (χ1v) is 13.7. The smallest absolute Gasteiger partial charge is 0.308 e. The van der Waals surface area contributed by atoms with Gasteiger partial charge in [0.05, 0.1) is 0 Å². The first-order valence-electron chi connectivity index (χ1n) is 13.7. The van der Waals surface area contributed by atoms with Gasteiger partial charge in [-0.05, 0) is 18.6 Å². The van der Waals surface area contributed by atoms with Gasteiger partial charge in [-0.3, -0.25) is 14.4 Å². The zero-order chi connectivity index (χ0) is 25.7. The highest BCUT2D eigenvalue weighted by Gasteiger charge is 2.12. The fourth-order valence-electron chi connectivity index (χ4n) is 4.13. The minimum absolute atomic E-state index is 0.170. The van der Waals surface area contributed by atoms with Crippen molar-refractivity contribution in [3.8, 4) is 11.5 Å². The molecule has 0 spiro atoms. The van der Waals surface area contributed by atoms with Gasteiger partial charge in [0.25, 0.3) is 5.91 Å². The maximum atomic E-state index is 12.5. The van der Waals surface area contributed by atoms with Crippen molar-refractivity contribution < 1.29 is 23.9 Å². The molecule has 0 unspecified atom stereocenters. The van der Waals surface area contributed by atoms with Gasteiger partial charge in [0, 0.05) is 32.0 Å². The van der Waals surface area contributed by atoms with Gasteiger partial charge in [-0.1, -0.05) is 103 Å². The molecule has 0 saturated heterocycles. The third-order valence-corrected chi connectivity index (χ3v) is 5.98. The van der Waals surface area contributed by atoms with E-state index in [0.29, 0.717) is 6.54 Å². The van der Waals surface area contributed by atoms with Crippen molar-refractivity contribution in [1.82, 2.24) is 5.32 Å². The molecule has 198 valence electrons. The molecular weight excluding hydrogens is 442 g/mol. The van der Waals surface area contributed by atoms with Crippen molar-refractivity contribution in [1.29, 1.82) is 0 Å². The topological polar surface area (TPSA) is 81.7 Å². The van der Waals surface area contributed by atoms with E-state index in [-0.39, 0.29) is 23.0 Å². The fourth-order valence-corrected chi connectivity index (χ4v) is 4.13. The summed E-state index contributed by atoms with van der Waals surface area (Å²) in [5.41, 5.74) is 0.288. The van der Waals surface area contributed by atoms with Gasteiger partial charge in [-0.2, -0.15) is 0 Å². The van der Waals surface area contributed by atoms with Crippen LogP contribution in [-0.2, 0) is 9.59 Å². The van der Waals surface area contributed by atoms with Crippen LogP contribution < -0.4 is 14.8 Å². The molecule has 0 heterocycles. The monoisotopic (exact) mass is 489 g/mol. The minimum atomic E-state index is -0.510. The summed E-state index contributed by atoms with van der Waals surface area (Å²) in [6.07, 6.45) is 21.0. The van der Waals surface area contributed by atoms with Crippen LogP contribution in [-0.4, -0.2) is 24.4 Å². The van der Waals surface area contributed by atoms with Gasteiger partial charge >= 0.3 is 11.9 Å². The fraction of sp³-hybridized carbons (Fsp3) is 0.690. The Morgan fingerprint density at radius 1 is 0.600 bits per heavy atom. The molecule has 6 heteroatoms. The summed E-state index contributed by atoms with van der Waals surface area (Å²) in [5.74, 6) is -0.963. The summed E-state index contributed by atoms with van der Waals surface area (Å²) in [6.45, 7) is 5.39. The standard InChI is InChI=1S/C29H47NO5/c1-4-5-6-7-8-9-10-11-12-13-14-15-16-17-18-19-20-30-29(33)26-21-27(34-24(2)31)23-28(22-26)35-25(3)32/h21-23H,4-20H2,1-3H3,(H,30,33). The van der Waals surface area contributed by atoms with Crippen LogP contribution in [0.5, 0.6) is 11.5 Å². The second-order valence-electron chi connectivity index (χ2n) is 9.44. The lowest BCUT2D eigenvalue weighted by Crippen LogP contribution is -2.24. The average molecular weight is 490 g/mol. The Morgan fingerprint density at radius 2 is 0.971 bits per heavy atom. The van der Waals surface area contributed by atoms with Crippen molar-refractivity contribution in [3.05, 3.63) is 23.8 Å². The van der Waals surface area contributed by atoms with Crippen LogP contribution in [0.1, 0.15) is 134 Å². The van der Waals surface area contributed by atoms with Crippen LogP contribution in [0.4, 0.5) is 0 Å². The quantitative estimate of drug-likeness (QED) is 0.116. The Morgan fingerprint density at radius 3 is 1.34 bits per heavy atom. The molecule has 1 aromatic rings. The molecule has 0 atom stereocenters. The zero-order valence-electron chi connectivity index (χ0n) is 22.3. The molecule has 0 aliphatic carbocycles. The first-order chi connectivity index (χ1) is 16.9. The molecule has 1 rings (SSSR count). The van der Waals surface area contributed by atoms with Crippen LogP contribution >= 0.6 is 0 Å². The maximum absolute atomic E-state index is 12.5. The number of carbonyl (C=O) groups is 3. The molecule has 0 aromatic heterocycles. The molecule has 0 fully saturated rings. The summed E-state index contributed by atoms with van der Waals surface area (Å²) in [4.78, 5) is 35.0. The highest BCUT2D eigenvalue weighted by molar-refractivity contribution is 5.95. The van der Waals surface area contributed by atoms with Gasteiger partial charge in [-0.15, -0.1) is 0 Å². The third-order valence-electron chi connectivity index (χ3n) is 5.98. The molecule has 1 aromatic carbocycles. The molecule has 1 amide bonds. The Bertz CT molecular complexity index is 712. The van der Waals surface area contributed by atoms with E-state index in [2.05, 4.69) is 12.2 Å². The van der Waals surface area contributed by atoms with Crippen LogP contribution in [0, 0.1) is 0 Å². The number of ether oxygens (including phenoxy) is 2. The molecule has 0 radical (unpaired) electrons. The lowest BCUT2D eigenvalue weighted by atomic mass is 10.0. The molecular formula is C29H47NO5. The highest BCUT2D eigenvalue weighted by atomic mass is 16.5. The number of benzene rings is 1. The molecule has 1 N–H and O–H groups in total. The summed E-state index contributed by atoms with van der Waals surface area (Å²) in [6, 6.07) is 4.35. The minimum Gasteiger partial charge on any atom is -0.427 e. The summed E-state index contributed by atoms with van der Waals surface area (Å²) < 4.78 is 10.1. The van der Waals surface area contributed by atoms with Gasteiger partial charge < -0.3 is 14.8 Å². The van der Waals surface area contributed by atoms with E-state index in [4.69, 9.17) is 9.47 Å². The number of nitrogens with one attached hydrogen (secondary N) is 1. The number of hydrogen-bond donors (Lipinski definition) is 1. The van der Waals surface area contributed by atoms with E-state index in [9.17, 15) is 14.4 Å². The maximum Gasteiger partial charge on any atom is 0.308 e. The first kappa shape index (κ1) is 30.7. The normalized spacial score (nSPS) is 10.7. The predicted molar refractivity (Wildman–Crippen MR) is 141 cm³/mol. The Kier molecular flexibility index (Phi) is 17.4. The predicted octanol–water partition coefficient (Wildman–Crippen LogP) is 7.53.